The molecule has 5 heteroatoms. The summed E-state index contributed by atoms with van der Waals surface area (Å²) in [5.41, 5.74) is 7.32. The van der Waals surface area contributed by atoms with Gasteiger partial charge in [0.1, 0.15) is 10.7 Å². The largest absolute Gasteiger partial charge is 0.323 e. The maximum Gasteiger partial charge on any atom is 0.143 e. The first kappa shape index (κ1) is 10.5. The van der Waals surface area contributed by atoms with Crippen molar-refractivity contribution in [2.75, 3.05) is 0 Å². The Kier molecular flexibility index (Phi) is 3.00. The van der Waals surface area contributed by atoms with Crippen LogP contribution < -0.4 is 5.73 Å². The Hall–Kier alpha value is -0.970. The van der Waals surface area contributed by atoms with Crippen molar-refractivity contribution in [2.24, 2.45) is 5.73 Å². The Bertz CT molecular complexity index is 467. The van der Waals surface area contributed by atoms with Gasteiger partial charge in [-0.2, -0.15) is 0 Å². The van der Waals surface area contributed by atoms with Crippen LogP contribution in [0.2, 0.25) is 5.02 Å². The highest BCUT2D eigenvalue weighted by Gasteiger charge is 2.10. The van der Waals surface area contributed by atoms with Crippen LogP contribution in [0, 0.1) is 0 Å². The maximum atomic E-state index is 6.02. The average molecular weight is 240 g/mol. The third-order valence-corrected chi connectivity index (χ3v) is 3.12. The Labute approximate surface area is 96.9 Å². The minimum absolute atomic E-state index is 0.0579. The summed E-state index contributed by atoms with van der Waals surface area (Å²) in [6, 6.07) is 3.54. The first-order valence-electron chi connectivity index (χ1n) is 4.50. The summed E-state index contributed by atoms with van der Waals surface area (Å²) < 4.78 is 0. The van der Waals surface area contributed by atoms with Crippen LogP contribution in [0.4, 0.5) is 0 Å². The summed E-state index contributed by atoms with van der Waals surface area (Å²) in [6.45, 7) is 1.90. The monoisotopic (exact) mass is 239 g/mol. The molecule has 2 aromatic heterocycles. The van der Waals surface area contributed by atoms with Crippen LogP contribution in [-0.4, -0.2) is 9.97 Å². The molecule has 0 aromatic carbocycles. The van der Waals surface area contributed by atoms with Gasteiger partial charge in [-0.3, -0.25) is 4.98 Å². The van der Waals surface area contributed by atoms with Crippen molar-refractivity contribution in [3.05, 3.63) is 34.4 Å². The third-order valence-electron chi connectivity index (χ3n) is 1.95. The minimum atomic E-state index is -0.0579. The van der Waals surface area contributed by atoms with Gasteiger partial charge in [0, 0.05) is 17.6 Å². The lowest BCUT2D eigenvalue weighted by atomic mass is 10.3. The highest BCUT2D eigenvalue weighted by molar-refractivity contribution is 7.13. The molecule has 0 bridgehead atoms. The van der Waals surface area contributed by atoms with Crippen LogP contribution in [0.15, 0.2) is 23.7 Å². The maximum absolute atomic E-state index is 6.02. The third kappa shape index (κ3) is 2.17. The van der Waals surface area contributed by atoms with Gasteiger partial charge in [0.15, 0.2) is 0 Å². The van der Waals surface area contributed by atoms with Crippen molar-refractivity contribution < 1.29 is 0 Å². The number of nitrogens with two attached hydrogens (primary N) is 1. The minimum Gasteiger partial charge on any atom is -0.323 e. The summed E-state index contributed by atoms with van der Waals surface area (Å²) >= 11 is 7.53. The summed E-state index contributed by atoms with van der Waals surface area (Å²) in [4.78, 5) is 8.58. The SMILES string of the molecule is CC(N)c1csc(-c2ncccc2Cl)n1. The number of halogens is 1. The number of aromatic nitrogens is 2. The van der Waals surface area contributed by atoms with E-state index >= 15 is 0 Å². The molecule has 0 radical (unpaired) electrons. The van der Waals surface area contributed by atoms with Gasteiger partial charge in [-0.15, -0.1) is 11.3 Å². The Morgan fingerprint density at radius 1 is 1.53 bits per heavy atom. The fourth-order valence-electron chi connectivity index (χ4n) is 1.15. The van der Waals surface area contributed by atoms with Crippen molar-refractivity contribution in [1.29, 1.82) is 0 Å². The van der Waals surface area contributed by atoms with E-state index in [1.807, 2.05) is 12.3 Å². The van der Waals surface area contributed by atoms with Gasteiger partial charge in [-0.05, 0) is 19.1 Å². The second kappa shape index (κ2) is 4.26. The van der Waals surface area contributed by atoms with Gasteiger partial charge in [-0.1, -0.05) is 11.6 Å². The summed E-state index contributed by atoms with van der Waals surface area (Å²) in [5.74, 6) is 0. The van der Waals surface area contributed by atoms with E-state index in [1.165, 1.54) is 11.3 Å². The first-order chi connectivity index (χ1) is 7.18. The van der Waals surface area contributed by atoms with Crippen LogP contribution in [0.25, 0.3) is 10.7 Å². The molecule has 3 nitrogen and oxygen atoms in total. The molecule has 15 heavy (non-hydrogen) atoms. The molecule has 0 aliphatic rings. The fraction of sp³-hybridized carbons (Fsp3) is 0.200. The standard InChI is InChI=1S/C10H10ClN3S/c1-6(12)8-5-15-10(14-8)9-7(11)3-2-4-13-9/h2-6H,12H2,1H3. The molecule has 1 atom stereocenters. The summed E-state index contributed by atoms with van der Waals surface area (Å²) in [6.07, 6.45) is 1.70. The molecule has 2 heterocycles. The topological polar surface area (TPSA) is 51.8 Å². The smallest absolute Gasteiger partial charge is 0.143 e. The van der Waals surface area contributed by atoms with Crippen molar-refractivity contribution in [2.45, 2.75) is 13.0 Å². The van der Waals surface area contributed by atoms with Crippen molar-refractivity contribution >= 4 is 22.9 Å². The van der Waals surface area contributed by atoms with Crippen LogP contribution in [0.1, 0.15) is 18.7 Å². The molecule has 0 aliphatic heterocycles. The molecular formula is C10H10ClN3S. The van der Waals surface area contributed by atoms with E-state index in [9.17, 15) is 0 Å². The zero-order valence-electron chi connectivity index (χ0n) is 8.14. The van der Waals surface area contributed by atoms with Gasteiger partial charge in [0.25, 0.3) is 0 Å². The Morgan fingerprint density at radius 2 is 2.33 bits per heavy atom. The second-order valence-corrected chi connectivity index (χ2v) is 4.47. The van der Waals surface area contributed by atoms with Crippen LogP contribution in [0.5, 0.6) is 0 Å². The van der Waals surface area contributed by atoms with Gasteiger partial charge in [-0.25, -0.2) is 4.98 Å². The second-order valence-electron chi connectivity index (χ2n) is 3.20. The number of rotatable bonds is 2. The molecule has 0 amide bonds. The zero-order chi connectivity index (χ0) is 10.8. The molecule has 0 saturated heterocycles. The summed E-state index contributed by atoms with van der Waals surface area (Å²) in [5, 5.41) is 3.36. The highest BCUT2D eigenvalue weighted by Crippen LogP contribution is 2.28. The quantitative estimate of drug-likeness (QED) is 0.877. The van der Waals surface area contributed by atoms with Crippen LogP contribution >= 0.6 is 22.9 Å². The average Bonchev–Trinajstić information content (AvgIpc) is 2.67. The number of thiazole rings is 1. The van der Waals surface area contributed by atoms with E-state index in [-0.39, 0.29) is 6.04 Å². The highest BCUT2D eigenvalue weighted by atomic mass is 35.5. The lowest BCUT2D eigenvalue weighted by molar-refractivity contribution is 0.790. The first-order valence-corrected chi connectivity index (χ1v) is 5.76. The van der Waals surface area contributed by atoms with Crippen LogP contribution in [-0.2, 0) is 0 Å². The molecule has 0 spiro atoms. The number of hydrogen-bond donors (Lipinski definition) is 1. The number of pyridine rings is 1. The molecule has 1 unspecified atom stereocenters. The van der Waals surface area contributed by atoms with Gasteiger partial charge in [0.05, 0.1) is 10.7 Å². The predicted molar refractivity (Wildman–Crippen MR) is 63.0 cm³/mol. The van der Waals surface area contributed by atoms with E-state index in [2.05, 4.69) is 9.97 Å². The number of nitrogens with zero attached hydrogens (tertiary/aromatic N) is 2. The molecular weight excluding hydrogens is 230 g/mol. The fourth-order valence-corrected chi connectivity index (χ4v) is 2.35. The van der Waals surface area contributed by atoms with Gasteiger partial charge >= 0.3 is 0 Å². The zero-order valence-corrected chi connectivity index (χ0v) is 9.72. The molecule has 0 aliphatic carbocycles. The van der Waals surface area contributed by atoms with Crippen molar-refractivity contribution in [1.82, 2.24) is 9.97 Å². The normalized spacial score (nSPS) is 12.7. The molecule has 0 fully saturated rings. The predicted octanol–water partition coefficient (Wildman–Crippen LogP) is 2.88. The van der Waals surface area contributed by atoms with E-state index in [1.54, 1.807) is 18.3 Å². The van der Waals surface area contributed by atoms with Crippen molar-refractivity contribution in [3.63, 3.8) is 0 Å². The molecule has 0 saturated carbocycles. The van der Waals surface area contributed by atoms with Crippen molar-refractivity contribution in [3.8, 4) is 10.7 Å². The Balaban J connectivity index is 2.42. The van der Waals surface area contributed by atoms with Crippen LogP contribution in [0.3, 0.4) is 0 Å². The van der Waals surface area contributed by atoms with E-state index < -0.39 is 0 Å². The van der Waals surface area contributed by atoms with E-state index in [0.717, 1.165) is 16.4 Å². The van der Waals surface area contributed by atoms with Gasteiger partial charge < -0.3 is 5.73 Å². The van der Waals surface area contributed by atoms with E-state index in [0.29, 0.717) is 5.02 Å². The van der Waals surface area contributed by atoms with E-state index in [4.69, 9.17) is 17.3 Å². The molecule has 2 aromatic rings. The molecule has 2 N–H and O–H groups in total. The lowest BCUT2D eigenvalue weighted by Crippen LogP contribution is -2.04. The number of hydrogen-bond acceptors (Lipinski definition) is 4. The molecule has 78 valence electrons. The lowest BCUT2D eigenvalue weighted by Gasteiger charge is -1.99. The van der Waals surface area contributed by atoms with Gasteiger partial charge in [0.2, 0.25) is 0 Å². The molecule has 2 rings (SSSR count). The Morgan fingerprint density at radius 3 is 2.93 bits per heavy atom. The summed E-state index contributed by atoms with van der Waals surface area (Å²) in [7, 11) is 0.